The number of hydrogen-bond acceptors (Lipinski definition) is 3. The second kappa shape index (κ2) is 8.23. The summed E-state index contributed by atoms with van der Waals surface area (Å²) in [4.78, 5) is 12.5. The van der Waals surface area contributed by atoms with Gasteiger partial charge in [-0.2, -0.15) is 10.2 Å². The highest BCUT2D eigenvalue weighted by Gasteiger charge is 2.34. The van der Waals surface area contributed by atoms with Crippen LogP contribution in [0.25, 0.3) is 0 Å². The van der Waals surface area contributed by atoms with Crippen LogP contribution in [-0.4, -0.2) is 25.5 Å². The summed E-state index contributed by atoms with van der Waals surface area (Å²) >= 11 is 9.21. The van der Waals surface area contributed by atoms with Crippen molar-refractivity contribution in [2.75, 3.05) is 5.32 Å². The molecule has 1 N–H and O–H groups in total. The lowest BCUT2D eigenvalue weighted by molar-refractivity contribution is -0.117. The number of nitrogens with one attached hydrogen (secondary N) is 1. The van der Waals surface area contributed by atoms with Gasteiger partial charge in [-0.05, 0) is 46.5 Å². The molecule has 0 radical (unpaired) electrons. The number of carbonyl (C=O) groups excluding carboxylic acids is 1. The fourth-order valence-electron chi connectivity index (χ4n) is 3.15. The van der Waals surface area contributed by atoms with Gasteiger partial charge in [-0.15, -0.1) is 0 Å². The molecule has 0 aliphatic heterocycles. The van der Waals surface area contributed by atoms with Gasteiger partial charge >= 0.3 is 0 Å². The minimum Gasteiger partial charge on any atom is -0.322 e. The number of benzene rings is 1. The maximum Gasteiger partial charge on any atom is 0.283 e. The molecule has 1 saturated carbocycles. The summed E-state index contributed by atoms with van der Waals surface area (Å²) in [6.07, 6.45) is 2.35. The summed E-state index contributed by atoms with van der Waals surface area (Å²) in [5.41, 5.74) is 1.83. The summed E-state index contributed by atoms with van der Waals surface area (Å²) < 4.78 is 29.7. The number of hydrogen-bond donors (Lipinski definition) is 1. The van der Waals surface area contributed by atoms with Gasteiger partial charge in [0.15, 0.2) is 0 Å². The van der Waals surface area contributed by atoms with Crippen molar-refractivity contribution in [3.05, 3.63) is 63.1 Å². The van der Waals surface area contributed by atoms with Gasteiger partial charge in [0.25, 0.3) is 6.43 Å². The Labute approximate surface area is 179 Å². The largest absolute Gasteiger partial charge is 0.322 e. The lowest BCUT2D eigenvalue weighted by Gasteiger charge is -2.07. The number of alkyl halides is 2. The minimum atomic E-state index is -2.70. The smallest absolute Gasteiger partial charge is 0.283 e. The van der Waals surface area contributed by atoms with Crippen LogP contribution in [-0.2, 0) is 17.9 Å². The molecule has 1 fully saturated rings. The van der Waals surface area contributed by atoms with E-state index in [1.54, 1.807) is 16.9 Å². The van der Waals surface area contributed by atoms with Crippen molar-refractivity contribution in [3.8, 4) is 0 Å². The van der Waals surface area contributed by atoms with Crippen LogP contribution in [0.4, 0.5) is 14.5 Å². The summed E-state index contributed by atoms with van der Waals surface area (Å²) in [5, 5.41) is 11.6. The molecular formula is C19H17BrClF2N5O. The normalized spacial score (nSPS) is 13.8. The van der Waals surface area contributed by atoms with Gasteiger partial charge in [-0.1, -0.05) is 23.7 Å². The highest BCUT2D eigenvalue weighted by molar-refractivity contribution is 9.10. The van der Waals surface area contributed by atoms with Crippen molar-refractivity contribution in [1.82, 2.24) is 19.6 Å². The SMILES string of the molecule is O=C(Cn1nc(C(F)F)c(Br)c1C1CC1)Nc1cnn(Cc2cccc(Cl)c2)c1. The standard InChI is InChI=1S/C19H17BrClF2N5O/c20-16-17(19(22)23)26-28(18(16)12-4-5-12)10-15(29)25-14-7-24-27(9-14)8-11-2-1-3-13(21)6-11/h1-3,6-7,9,12,19H,4-5,8,10H2,(H,25,29). The fourth-order valence-corrected chi connectivity index (χ4v) is 4.15. The second-order valence-corrected chi connectivity index (χ2v) is 8.15. The highest BCUT2D eigenvalue weighted by Crippen LogP contribution is 2.45. The monoisotopic (exact) mass is 483 g/mol. The van der Waals surface area contributed by atoms with Crippen LogP contribution < -0.4 is 5.32 Å². The third-order valence-electron chi connectivity index (χ3n) is 4.57. The first-order valence-electron chi connectivity index (χ1n) is 9.01. The molecule has 0 spiro atoms. The first-order valence-corrected chi connectivity index (χ1v) is 10.2. The molecule has 6 nitrogen and oxygen atoms in total. The van der Waals surface area contributed by atoms with E-state index in [1.807, 2.05) is 18.2 Å². The van der Waals surface area contributed by atoms with E-state index in [9.17, 15) is 13.6 Å². The van der Waals surface area contributed by atoms with Crippen LogP contribution >= 0.6 is 27.5 Å². The number of rotatable bonds is 7. The molecule has 10 heteroatoms. The van der Waals surface area contributed by atoms with Crippen molar-refractivity contribution in [1.29, 1.82) is 0 Å². The molecule has 1 aliphatic rings. The molecule has 0 atom stereocenters. The molecule has 0 bridgehead atoms. The van der Waals surface area contributed by atoms with E-state index in [1.165, 1.54) is 10.9 Å². The summed E-state index contributed by atoms with van der Waals surface area (Å²) in [6, 6.07) is 7.43. The molecule has 0 unspecified atom stereocenters. The van der Waals surface area contributed by atoms with E-state index in [0.29, 0.717) is 27.4 Å². The van der Waals surface area contributed by atoms with Gasteiger partial charge in [0.1, 0.15) is 12.2 Å². The van der Waals surface area contributed by atoms with Crippen molar-refractivity contribution >= 4 is 39.1 Å². The Morgan fingerprint density at radius 3 is 2.86 bits per heavy atom. The zero-order chi connectivity index (χ0) is 20.5. The Morgan fingerprint density at radius 2 is 2.17 bits per heavy atom. The zero-order valence-electron chi connectivity index (χ0n) is 15.2. The van der Waals surface area contributed by atoms with Crippen LogP contribution in [0.3, 0.4) is 0 Å². The van der Waals surface area contributed by atoms with Crippen LogP contribution in [0.1, 0.15) is 42.1 Å². The predicted molar refractivity (Wildman–Crippen MR) is 108 cm³/mol. The summed E-state index contributed by atoms with van der Waals surface area (Å²) in [7, 11) is 0. The fraction of sp³-hybridized carbons (Fsp3) is 0.316. The average molecular weight is 485 g/mol. The lowest BCUT2D eigenvalue weighted by atomic mass is 10.2. The van der Waals surface area contributed by atoms with E-state index < -0.39 is 6.43 Å². The first-order chi connectivity index (χ1) is 13.9. The van der Waals surface area contributed by atoms with E-state index in [0.717, 1.165) is 18.4 Å². The second-order valence-electron chi connectivity index (χ2n) is 6.92. The molecule has 1 amide bonds. The van der Waals surface area contributed by atoms with Crippen molar-refractivity contribution in [2.45, 2.75) is 38.3 Å². The molecule has 1 aliphatic carbocycles. The molecule has 152 valence electrons. The lowest BCUT2D eigenvalue weighted by Crippen LogP contribution is -2.20. The van der Waals surface area contributed by atoms with Gasteiger partial charge in [-0.25, -0.2) is 8.78 Å². The Bertz CT molecular complexity index is 1050. The van der Waals surface area contributed by atoms with Crippen molar-refractivity contribution in [2.24, 2.45) is 0 Å². The average Bonchev–Trinajstić information content (AvgIpc) is 3.31. The van der Waals surface area contributed by atoms with E-state index in [-0.39, 0.29) is 24.1 Å². The highest BCUT2D eigenvalue weighted by atomic mass is 79.9. The van der Waals surface area contributed by atoms with Crippen molar-refractivity contribution < 1.29 is 13.6 Å². The number of anilines is 1. The van der Waals surface area contributed by atoms with Crippen molar-refractivity contribution in [3.63, 3.8) is 0 Å². The van der Waals surface area contributed by atoms with E-state index >= 15 is 0 Å². The third kappa shape index (κ3) is 4.67. The molecule has 4 rings (SSSR count). The Morgan fingerprint density at radius 1 is 1.38 bits per heavy atom. The van der Waals surface area contributed by atoms with Crippen LogP contribution in [0.15, 0.2) is 41.1 Å². The Hall–Kier alpha value is -2.26. The quantitative estimate of drug-likeness (QED) is 0.513. The summed E-state index contributed by atoms with van der Waals surface area (Å²) in [5.74, 6) is -0.192. The molecule has 0 saturated heterocycles. The number of nitrogens with zero attached hydrogens (tertiary/aromatic N) is 4. The Kier molecular flexibility index (Phi) is 5.69. The van der Waals surface area contributed by atoms with E-state index in [4.69, 9.17) is 11.6 Å². The maximum absolute atomic E-state index is 13.2. The molecule has 2 aromatic heterocycles. The Balaban J connectivity index is 1.43. The molecular weight excluding hydrogens is 468 g/mol. The van der Waals surface area contributed by atoms with Crippen LogP contribution in [0.2, 0.25) is 5.02 Å². The zero-order valence-corrected chi connectivity index (χ0v) is 17.5. The summed E-state index contributed by atoms with van der Waals surface area (Å²) in [6.45, 7) is 0.364. The molecule has 3 aromatic rings. The number of aromatic nitrogens is 4. The van der Waals surface area contributed by atoms with Crippen LogP contribution in [0.5, 0.6) is 0 Å². The van der Waals surface area contributed by atoms with Gasteiger partial charge in [0.05, 0.1) is 28.6 Å². The van der Waals surface area contributed by atoms with Crippen LogP contribution in [0, 0.1) is 0 Å². The van der Waals surface area contributed by atoms with E-state index in [2.05, 4.69) is 31.4 Å². The molecule has 2 heterocycles. The number of carbonyl (C=O) groups is 1. The van der Waals surface area contributed by atoms with Gasteiger partial charge in [-0.3, -0.25) is 14.2 Å². The number of halogens is 4. The topological polar surface area (TPSA) is 64.7 Å². The van der Waals surface area contributed by atoms with Gasteiger partial charge < -0.3 is 5.32 Å². The number of amides is 1. The minimum absolute atomic E-state index is 0.142. The third-order valence-corrected chi connectivity index (χ3v) is 5.62. The predicted octanol–water partition coefficient (Wildman–Crippen LogP) is 5.00. The maximum atomic E-state index is 13.2. The van der Waals surface area contributed by atoms with Gasteiger partial charge in [0.2, 0.25) is 5.91 Å². The first kappa shape index (κ1) is 20.0. The molecule has 29 heavy (non-hydrogen) atoms. The molecule has 1 aromatic carbocycles. The van der Waals surface area contributed by atoms with Gasteiger partial charge in [0, 0.05) is 17.1 Å².